The maximum atomic E-state index is 11.7. The van der Waals surface area contributed by atoms with Gasteiger partial charge in [0.05, 0.1) is 6.54 Å². The molecule has 2 amide bonds. The number of phenols is 2. The van der Waals surface area contributed by atoms with Crippen LogP contribution in [0, 0.1) is 0 Å². The summed E-state index contributed by atoms with van der Waals surface area (Å²) in [7, 11) is 0. The van der Waals surface area contributed by atoms with Crippen LogP contribution in [0.4, 0.5) is 0 Å². The van der Waals surface area contributed by atoms with E-state index in [2.05, 4.69) is 0 Å². The Bertz CT molecular complexity index is 753. The molecule has 2 aromatic carbocycles. The van der Waals surface area contributed by atoms with Crippen molar-refractivity contribution in [3.63, 3.8) is 0 Å². The van der Waals surface area contributed by atoms with Gasteiger partial charge >= 0.3 is 0 Å². The zero-order valence-electron chi connectivity index (χ0n) is 12.5. The molecule has 0 radical (unpaired) electrons. The van der Waals surface area contributed by atoms with Crippen molar-refractivity contribution in [3.05, 3.63) is 59.2 Å². The first-order valence-corrected chi connectivity index (χ1v) is 7.45. The maximum Gasteiger partial charge on any atom is 0.229 e. The monoisotopic (exact) mass is 311 g/mol. The SMILES string of the molecule is O=C1CCC(=O)N1Cc1cccc(Cc2ccc(O)cc2O)c1. The molecule has 23 heavy (non-hydrogen) atoms. The summed E-state index contributed by atoms with van der Waals surface area (Å²) in [4.78, 5) is 24.7. The molecule has 1 saturated heterocycles. The van der Waals surface area contributed by atoms with Gasteiger partial charge in [0.25, 0.3) is 0 Å². The summed E-state index contributed by atoms with van der Waals surface area (Å²) in [5.74, 6) is -0.195. The minimum atomic E-state index is -0.128. The van der Waals surface area contributed by atoms with Gasteiger partial charge in [-0.3, -0.25) is 14.5 Å². The van der Waals surface area contributed by atoms with Crippen LogP contribution < -0.4 is 0 Å². The highest BCUT2D eigenvalue weighted by atomic mass is 16.3. The summed E-state index contributed by atoms with van der Waals surface area (Å²) in [6.07, 6.45) is 1.08. The summed E-state index contributed by atoms with van der Waals surface area (Å²) in [5, 5.41) is 19.2. The van der Waals surface area contributed by atoms with E-state index in [4.69, 9.17) is 0 Å². The summed E-state index contributed by atoms with van der Waals surface area (Å²) in [6.45, 7) is 0.285. The molecule has 1 aliphatic rings. The number of rotatable bonds is 4. The van der Waals surface area contributed by atoms with Crippen LogP contribution in [0.2, 0.25) is 0 Å². The van der Waals surface area contributed by atoms with Crippen LogP contribution in [0.1, 0.15) is 29.5 Å². The van der Waals surface area contributed by atoms with E-state index in [1.54, 1.807) is 6.07 Å². The molecule has 3 rings (SSSR count). The molecule has 0 atom stereocenters. The number of carbonyl (C=O) groups excluding carboxylic acids is 2. The molecule has 0 aromatic heterocycles. The molecular formula is C18H17NO4. The van der Waals surface area contributed by atoms with E-state index in [0.717, 1.165) is 11.1 Å². The molecule has 0 unspecified atom stereocenters. The van der Waals surface area contributed by atoms with Crippen molar-refractivity contribution in [3.8, 4) is 11.5 Å². The Morgan fingerprint density at radius 2 is 1.61 bits per heavy atom. The van der Waals surface area contributed by atoms with Gasteiger partial charge < -0.3 is 10.2 Å². The smallest absolute Gasteiger partial charge is 0.229 e. The van der Waals surface area contributed by atoms with Crippen molar-refractivity contribution in [1.82, 2.24) is 4.90 Å². The molecule has 1 aliphatic heterocycles. The van der Waals surface area contributed by atoms with Gasteiger partial charge in [0, 0.05) is 25.3 Å². The Balaban J connectivity index is 1.77. The second-order valence-corrected chi connectivity index (χ2v) is 5.68. The molecule has 118 valence electrons. The molecule has 1 fully saturated rings. The van der Waals surface area contributed by atoms with E-state index in [0.29, 0.717) is 24.8 Å². The lowest BCUT2D eigenvalue weighted by Crippen LogP contribution is -2.28. The fraction of sp³-hybridized carbons (Fsp3) is 0.222. The summed E-state index contributed by atoms with van der Waals surface area (Å²) in [6, 6.07) is 12.1. The van der Waals surface area contributed by atoms with E-state index in [1.165, 1.54) is 17.0 Å². The Kier molecular flexibility index (Phi) is 4.02. The molecule has 2 aromatic rings. The fourth-order valence-corrected chi connectivity index (χ4v) is 2.74. The highest BCUT2D eigenvalue weighted by Crippen LogP contribution is 2.25. The zero-order valence-corrected chi connectivity index (χ0v) is 12.5. The number of likely N-dealkylation sites (tertiary alicyclic amines) is 1. The summed E-state index contributed by atoms with van der Waals surface area (Å²) < 4.78 is 0. The molecule has 0 bridgehead atoms. The van der Waals surface area contributed by atoms with Crippen molar-refractivity contribution in [2.45, 2.75) is 25.8 Å². The number of hydrogen-bond donors (Lipinski definition) is 2. The topological polar surface area (TPSA) is 77.8 Å². The van der Waals surface area contributed by atoms with Gasteiger partial charge in [0.1, 0.15) is 11.5 Å². The maximum absolute atomic E-state index is 11.7. The average molecular weight is 311 g/mol. The predicted molar refractivity (Wildman–Crippen MR) is 83.8 cm³/mol. The van der Waals surface area contributed by atoms with Crippen molar-refractivity contribution in [1.29, 1.82) is 0 Å². The summed E-state index contributed by atoms with van der Waals surface area (Å²) in [5.41, 5.74) is 2.54. The predicted octanol–water partition coefficient (Wildman–Crippen LogP) is 2.34. The number of phenolic OH excluding ortho intramolecular Hbond substituents is 2. The summed E-state index contributed by atoms with van der Waals surface area (Å²) >= 11 is 0. The minimum absolute atomic E-state index is 0.0195. The Morgan fingerprint density at radius 1 is 0.913 bits per heavy atom. The molecular weight excluding hydrogens is 294 g/mol. The lowest BCUT2D eigenvalue weighted by molar-refractivity contribution is -0.139. The van der Waals surface area contributed by atoms with Crippen LogP contribution in [0.25, 0.3) is 0 Å². The first-order valence-electron chi connectivity index (χ1n) is 7.45. The van der Waals surface area contributed by atoms with Crippen molar-refractivity contribution in [2.24, 2.45) is 0 Å². The highest BCUT2D eigenvalue weighted by Gasteiger charge is 2.28. The van der Waals surface area contributed by atoms with Gasteiger partial charge in [0.15, 0.2) is 0 Å². The largest absolute Gasteiger partial charge is 0.508 e. The Morgan fingerprint density at radius 3 is 2.30 bits per heavy atom. The van der Waals surface area contributed by atoms with Crippen molar-refractivity contribution < 1.29 is 19.8 Å². The fourth-order valence-electron chi connectivity index (χ4n) is 2.74. The average Bonchev–Trinajstić information content (AvgIpc) is 2.83. The molecule has 2 N–H and O–H groups in total. The van der Waals surface area contributed by atoms with Crippen LogP contribution in [0.3, 0.4) is 0 Å². The van der Waals surface area contributed by atoms with Crippen LogP contribution in [-0.2, 0) is 22.6 Å². The lowest BCUT2D eigenvalue weighted by Gasteiger charge is -2.14. The minimum Gasteiger partial charge on any atom is -0.508 e. The standard InChI is InChI=1S/C18H17NO4/c20-15-5-4-14(16(21)10-15)9-12-2-1-3-13(8-12)11-19-17(22)6-7-18(19)23/h1-5,8,10,20-21H,6-7,9,11H2. The number of nitrogens with zero attached hydrogens (tertiary/aromatic N) is 1. The van der Waals surface area contributed by atoms with Gasteiger partial charge in [-0.25, -0.2) is 0 Å². The zero-order chi connectivity index (χ0) is 16.4. The van der Waals surface area contributed by atoms with E-state index < -0.39 is 0 Å². The third-order valence-corrected chi connectivity index (χ3v) is 3.95. The van der Waals surface area contributed by atoms with Crippen molar-refractivity contribution in [2.75, 3.05) is 0 Å². The second kappa shape index (κ2) is 6.12. The number of imide groups is 1. The van der Waals surface area contributed by atoms with E-state index in [9.17, 15) is 19.8 Å². The molecule has 5 nitrogen and oxygen atoms in total. The third-order valence-electron chi connectivity index (χ3n) is 3.95. The third kappa shape index (κ3) is 3.34. The van der Waals surface area contributed by atoms with Gasteiger partial charge in [0.2, 0.25) is 11.8 Å². The molecule has 5 heteroatoms. The second-order valence-electron chi connectivity index (χ2n) is 5.68. The first-order chi connectivity index (χ1) is 11.0. The molecule has 0 spiro atoms. The van der Waals surface area contributed by atoms with E-state index in [-0.39, 0.29) is 29.9 Å². The Hall–Kier alpha value is -2.82. The number of aromatic hydroxyl groups is 2. The van der Waals surface area contributed by atoms with Crippen LogP contribution in [0.5, 0.6) is 11.5 Å². The lowest BCUT2D eigenvalue weighted by atomic mass is 10.0. The van der Waals surface area contributed by atoms with Gasteiger partial charge in [-0.2, -0.15) is 0 Å². The van der Waals surface area contributed by atoms with E-state index >= 15 is 0 Å². The Labute approximate surface area is 133 Å². The molecule has 0 saturated carbocycles. The normalized spacial score (nSPS) is 14.5. The number of benzene rings is 2. The van der Waals surface area contributed by atoms with Crippen molar-refractivity contribution >= 4 is 11.8 Å². The van der Waals surface area contributed by atoms with Gasteiger partial charge in [-0.05, 0) is 22.8 Å². The van der Waals surface area contributed by atoms with Gasteiger partial charge in [-0.15, -0.1) is 0 Å². The number of carbonyl (C=O) groups is 2. The molecule has 0 aliphatic carbocycles. The first kappa shape index (κ1) is 15.1. The van der Waals surface area contributed by atoms with E-state index in [1.807, 2.05) is 24.3 Å². The quantitative estimate of drug-likeness (QED) is 0.850. The van der Waals surface area contributed by atoms with Gasteiger partial charge in [-0.1, -0.05) is 30.3 Å². The number of amides is 2. The number of hydrogen-bond acceptors (Lipinski definition) is 4. The molecule has 1 heterocycles. The highest BCUT2D eigenvalue weighted by molar-refractivity contribution is 6.01. The van der Waals surface area contributed by atoms with Crippen LogP contribution >= 0.6 is 0 Å². The van der Waals surface area contributed by atoms with Crippen LogP contribution in [0.15, 0.2) is 42.5 Å². The van der Waals surface area contributed by atoms with Crippen LogP contribution in [-0.4, -0.2) is 26.9 Å².